The molecule has 102 valence electrons. The Balaban J connectivity index is 2.38. The fourth-order valence-electron chi connectivity index (χ4n) is 1.36. The van der Waals surface area contributed by atoms with Gasteiger partial charge in [-0.2, -0.15) is 0 Å². The van der Waals surface area contributed by atoms with Crippen LogP contribution in [0.25, 0.3) is 12.2 Å². The molecule has 0 aromatic carbocycles. The molecule has 7 nitrogen and oxygen atoms in total. The molecule has 0 saturated heterocycles. The van der Waals surface area contributed by atoms with Crippen molar-refractivity contribution in [2.75, 3.05) is 0 Å². The molecule has 2 aromatic rings. The highest BCUT2D eigenvalue weighted by atomic mass is 35.5. The fraction of sp³-hybridized carbons (Fsp3) is 0. The minimum atomic E-state index is -1.29. The van der Waals surface area contributed by atoms with Gasteiger partial charge >= 0.3 is 5.97 Å². The highest BCUT2D eigenvalue weighted by Crippen LogP contribution is 2.21. The van der Waals surface area contributed by atoms with Crippen molar-refractivity contribution >= 4 is 46.7 Å². The van der Waals surface area contributed by atoms with Gasteiger partial charge in [0.05, 0.1) is 22.4 Å². The molecule has 20 heavy (non-hydrogen) atoms. The second kappa shape index (κ2) is 5.76. The smallest absolute Gasteiger partial charge is 0.338 e. The highest BCUT2D eigenvalue weighted by molar-refractivity contribution is 7.16. The monoisotopic (exact) mass is 311 g/mol. The summed E-state index contributed by atoms with van der Waals surface area (Å²) in [6.45, 7) is 0. The SMILES string of the molecule is O=C(O)c1cc([N+](=O)[O-])cnc1C=Cc1ncc(Cl)s1. The second-order valence-corrected chi connectivity index (χ2v) is 5.22. The van der Waals surface area contributed by atoms with E-state index in [2.05, 4.69) is 9.97 Å². The summed E-state index contributed by atoms with van der Waals surface area (Å²) in [6.07, 6.45) is 5.42. The summed E-state index contributed by atoms with van der Waals surface area (Å²) < 4.78 is 0.500. The minimum Gasteiger partial charge on any atom is -0.478 e. The zero-order valence-electron chi connectivity index (χ0n) is 9.69. The second-order valence-electron chi connectivity index (χ2n) is 3.52. The zero-order valence-corrected chi connectivity index (χ0v) is 11.3. The zero-order chi connectivity index (χ0) is 14.7. The number of nitrogens with zero attached hydrogens (tertiary/aromatic N) is 3. The first-order valence-corrected chi connectivity index (χ1v) is 6.34. The molecule has 0 bridgehead atoms. The van der Waals surface area contributed by atoms with Crippen LogP contribution in [0.1, 0.15) is 21.1 Å². The number of aromatic nitrogens is 2. The summed E-state index contributed by atoms with van der Waals surface area (Å²) >= 11 is 6.93. The Bertz CT molecular complexity index is 713. The maximum Gasteiger partial charge on any atom is 0.338 e. The van der Waals surface area contributed by atoms with Crippen LogP contribution in [-0.2, 0) is 0 Å². The Morgan fingerprint density at radius 3 is 2.70 bits per heavy atom. The standard InChI is InChI=1S/C11H6ClN3O4S/c12-9-5-14-10(20-9)2-1-8-7(11(16)17)3-6(4-13-8)15(18)19/h1-5H,(H,16,17). The largest absolute Gasteiger partial charge is 0.478 e. The van der Waals surface area contributed by atoms with Crippen LogP contribution in [0.4, 0.5) is 5.69 Å². The summed E-state index contributed by atoms with van der Waals surface area (Å²) in [6, 6.07) is 0.962. The number of hydrogen-bond donors (Lipinski definition) is 1. The van der Waals surface area contributed by atoms with Crippen LogP contribution < -0.4 is 0 Å². The van der Waals surface area contributed by atoms with E-state index in [4.69, 9.17) is 16.7 Å². The summed E-state index contributed by atoms with van der Waals surface area (Å²) in [5, 5.41) is 20.2. The van der Waals surface area contributed by atoms with Gasteiger partial charge in [-0.3, -0.25) is 10.1 Å². The molecule has 2 aromatic heterocycles. The average Bonchev–Trinajstić information content (AvgIpc) is 2.81. The van der Waals surface area contributed by atoms with Crippen LogP contribution in [0.15, 0.2) is 18.5 Å². The molecule has 0 saturated carbocycles. The third-order valence-corrected chi connectivity index (χ3v) is 3.30. The van der Waals surface area contributed by atoms with Crippen molar-refractivity contribution in [3.05, 3.63) is 49.2 Å². The van der Waals surface area contributed by atoms with E-state index in [0.29, 0.717) is 9.34 Å². The number of carboxylic acids is 1. The Labute approximate surface area is 121 Å². The lowest BCUT2D eigenvalue weighted by atomic mass is 10.1. The lowest BCUT2D eigenvalue weighted by Crippen LogP contribution is -2.03. The predicted octanol–water partition coefficient (Wildman–Crippen LogP) is 2.97. The van der Waals surface area contributed by atoms with E-state index in [1.54, 1.807) is 0 Å². The highest BCUT2D eigenvalue weighted by Gasteiger charge is 2.15. The van der Waals surface area contributed by atoms with Crippen molar-refractivity contribution in [1.29, 1.82) is 0 Å². The molecular formula is C11H6ClN3O4S. The number of pyridine rings is 1. The number of nitro groups is 1. The molecule has 2 heterocycles. The predicted molar refractivity (Wildman–Crippen MR) is 73.9 cm³/mol. The molecule has 0 radical (unpaired) electrons. The van der Waals surface area contributed by atoms with E-state index in [9.17, 15) is 14.9 Å². The van der Waals surface area contributed by atoms with Gasteiger partial charge in [0, 0.05) is 6.07 Å². The molecular weight excluding hydrogens is 306 g/mol. The van der Waals surface area contributed by atoms with Crippen LogP contribution in [0.3, 0.4) is 0 Å². The summed E-state index contributed by atoms with van der Waals surface area (Å²) in [4.78, 5) is 28.7. The molecule has 0 aliphatic heterocycles. The van der Waals surface area contributed by atoms with E-state index in [-0.39, 0.29) is 16.9 Å². The van der Waals surface area contributed by atoms with Gasteiger partial charge in [0.2, 0.25) is 0 Å². The van der Waals surface area contributed by atoms with Crippen molar-refractivity contribution in [3.63, 3.8) is 0 Å². The number of rotatable bonds is 4. The lowest BCUT2D eigenvalue weighted by molar-refractivity contribution is -0.385. The number of hydrogen-bond acceptors (Lipinski definition) is 6. The molecule has 0 aliphatic rings. The van der Waals surface area contributed by atoms with E-state index in [1.807, 2.05) is 0 Å². The quantitative estimate of drug-likeness (QED) is 0.687. The summed E-state index contributed by atoms with van der Waals surface area (Å²) in [5.74, 6) is -1.29. The van der Waals surface area contributed by atoms with Gasteiger partial charge in [-0.1, -0.05) is 11.6 Å². The first-order valence-electron chi connectivity index (χ1n) is 5.14. The number of aromatic carboxylic acids is 1. The van der Waals surface area contributed by atoms with Gasteiger partial charge in [0.1, 0.15) is 15.5 Å². The Kier molecular flexibility index (Phi) is 4.06. The summed E-state index contributed by atoms with van der Waals surface area (Å²) in [5.41, 5.74) is -0.524. The van der Waals surface area contributed by atoms with Crippen molar-refractivity contribution in [2.24, 2.45) is 0 Å². The number of halogens is 1. The van der Waals surface area contributed by atoms with Crippen LogP contribution >= 0.6 is 22.9 Å². The van der Waals surface area contributed by atoms with E-state index in [1.165, 1.54) is 29.7 Å². The summed E-state index contributed by atoms with van der Waals surface area (Å²) in [7, 11) is 0. The van der Waals surface area contributed by atoms with Gasteiger partial charge in [-0.15, -0.1) is 11.3 Å². The molecule has 1 N–H and O–H groups in total. The number of carbonyl (C=O) groups is 1. The molecule has 0 amide bonds. The Morgan fingerprint density at radius 1 is 1.40 bits per heavy atom. The molecule has 0 unspecified atom stereocenters. The Hall–Kier alpha value is -2.32. The normalized spacial score (nSPS) is 10.8. The van der Waals surface area contributed by atoms with Gasteiger partial charge in [-0.05, 0) is 12.2 Å². The van der Waals surface area contributed by atoms with Gasteiger partial charge in [0.25, 0.3) is 5.69 Å². The van der Waals surface area contributed by atoms with Crippen molar-refractivity contribution < 1.29 is 14.8 Å². The third kappa shape index (κ3) is 3.16. The molecule has 0 aliphatic carbocycles. The van der Waals surface area contributed by atoms with E-state index in [0.717, 1.165) is 12.3 Å². The first kappa shape index (κ1) is 14.1. The minimum absolute atomic E-state index is 0.106. The average molecular weight is 312 g/mol. The molecule has 2 rings (SSSR count). The maximum absolute atomic E-state index is 11.1. The lowest BCUT2D eigenvalue weighted by Gasteiger charge is -1.99. The van der Waals surface area contributed by atoms with Crippen molar-refractivity contribution in [1.82, 2.24) is 9.97 Å². The van der Waals surface area contributed by atoms with Crippen molar-refractivity contribution in [3.8, 4) is 0 Å². The van der Waals surface area contributed by atoms with Gasteiger partial charge in [-0.25, -0.2) is 14.8 Å². The molecule has 0 atom stereocenters. The van der Waals surface area contributed by atoms with Gasteiger partial charge < -0.3 is 5.11 Å². The maximum atomic E-state index is 11.1. The van der Waals surface area contributed by atoms with E-state index < -0.39 is 10.9 Å². The van der Waals surface area contributed by atoms with Crippen LogP contribution in [0.2, 0.25) is 4.34 Å². The van der Waals surface area contributed by atoms with Crippen LogP contribution in [0, 0.1) is 10.1 Å². The first-order chi connectivity index (χ1) is 9.47. The topological polar surface area (TPSA) is 106 Å². The third-order valence-electron chi connectivity index (χ3n) is 2.22. The molecule has 9 heteroatoms. The van der Waals surface area contributed by atoms with E-state index >= 15 is 0 Å². The number of carboxylic acid groups (broad SMARTS) is 1. The van der Waals surface area contributed by atoms with Crippen molar-refractivity contribution in [2.45, 2.75) is 0 Å². The van der Waals surface area contributed by atoms with Crippen LogP contribution in [0.5, 0.6) is 0 Å². The fourth-order valence-corrected chi connectivity index (χ4v) is 2.20. The Morgan fingerprint density at radius 2 is 2.15 bits per heavy atom. The molecule has 0 fully saturated rings. The van der Waals surface area contributed by atoms with Crippen LogP contribution in [-0.4, -0.2) is 26.0 Å². The van der Waals surface area contributed by atoms with Gasteiger partial charge in [0.15, 0.2) is 0 Å². The number of thiazole rings is 1. The molecule has 0 spiro atoms.